The van der Waals surface area contributed by atoms with Gasteiger partial charge in [0, 0.05) is 30.9 Å². The number of hydrogen-bond acceptors (Lipinski definition) is 3. The second-order valence-corrected chi connectivity index (χ2v) is 5.20. The van der Waals surface area contributed by atoms with Crippen molar-refractivity contribution in [1.82, 2.24) is 9.80 Å². The number of thiol groups is 1. The first-order chi connectivity index (χ1) is 6.75. The first kappa shape index (κ1) is 10.4. The van der Waals surface area contributed by atoms with E-state index in [0.29, 0.717) is 11.3 Å². The topological polar surface area (TPSA) is 6.48 Å². The van der Waals surface area contributed by atoms with E-state index >= 15 is 0 Å². The van der Waals surface area contributed by atoms with Gasteiger partial charge in [0.05, 0.1) is 0 Å². The Morgan fingerprint density at radius 3 is 2.64 bits per heavy atom. The van der Waals surface area contributed by atoms with Crippen molar-refractivity contribution in [2.75, 3.05) is 26.7 Å². The van der Waals surface area contributed by atoms with Gasteiger partial charge in [-0.15, -0.1) is 0 Å². The molecule has 2 fully saturated rings. The van der Waals surface area contributed by atoms with Crippen LogP contribution in [0.25, 0.3) is 0 Å². The molecule has 2 aliphatic heterocycles. The van der Waals surface area contributed by atoms with Gasteiger partial charge in [-0.1, -0.05) is 6.08 Å². The summed E-state index contributed by atoms with van der Waals surface area (Å²) in [5.74, 6) is 0. The molecular formula is C11H20N2S. The van der Waals surface area contributed by atoms with Gasteiger partial charge in [0.15, 0.2) is 0 Å². The van der Waals surface area contributed by atoms with E-state index in [-0.39, 0.29) is 0 Å². The van der Waals surface area contributed by atoms with Crippen molar-refractivity contribution in [3.63, 3.8) is 0 Å². The average molecular weight is 212 g/mol. The summed E-state index contributed by atoms with van der Waals surface area (Å²) >= 11 is 4.52. The van der Waals surface area contributed by atoms with E-state index < -0.39 is 0 Å². The lowest BCUT2D eigenvalue weighted by atomic mass is 10.0. The maximum absolute atomic E-state index is 4.52. The maximum Gasteiger partial charge on any atom is 0.0292 e. The van der Waals surface area contributed by atoms with Crippen LogP contribution in [0.5, 0.6) is 0 Å². The molecule has 0 aromatic heterocycles. The Labute approximate surface area is 92.4 Å². The molecule has 2 atom stereocenters. The minimum absolute atomic E-state index is 0.577. The third kappa shape index (κ3) is 2.45. The molecule has 0 aliphatic carbocycles. The minimum Gasteiger partial charge on any atom is -0.377 e. The molecule has 0 aromatic rings. The van der Waals surface area contributed by atoms with Crippen LogP contribution in [0, 0.1) is 0 Å². The molecule has 0 radical (unpaired) electrons. The number of nitrogens with zero attached hydrogens (tertiary/aromatic N) is 2. The molecule has 14 heavy (non-hydrogen) atoms. The summed E-state index contributed by atoms with van der Waals surface area (Å²) in [6, 6.07) is 0.638. The summed E-state index contributed by atoms with van der Waals surface area (Å²) in [5.41, 5.74) is 0. The lowest BCUT2D eigenvalue weighted by Crippen LogP contribution is -2.40. The Morgan fingerprint density at radius 1 is 1.29 bits per heavy atom. The second-order valence-electron chi connectivity index (χ2n) is 4.47. The van der Waals surface area contributed by atoms with Gasteiger partial charge in [0.25, 0.3) is 0 Å². The Kier molecular flexibility index (Phi) is 3.39. The SMILES string of the molecule is CN1CC(S)CCC1/C=C/N1CCC1. The fourth-order valence-electron chi connectivity index (χ4n) is 2.10. The highest BCUT2D eigenvalue weighted by Gasteiger charge is 2.21. The number of piperidine rings is 1. The highest BCUT2D eigenvalue weighted by atomic mass is 32.1. The highest BCUT2D eigenvalue weighted by Crippen LogP contribution is 2.20. The molecule has 2 unspecified atom stereocenters. The molecule has 0 amide bonds. The predicted octanol–water partition coefficient (Wildman–Crippen LogP) is 1.60. The number of rotatable bonds is 2. The maximum atomic E-state index is 4.52. The summed E-state index contributed by atoms with van der Waals surface area (Å²) in [5, 5.41) is 0.577. The minimum atomic E-state index is 0.577. The number of likely N-dealkylation sites (N-methyl/N-ethyl adjacent to an activating group) is 1. The molecule has 2 nitrogen and oxygen atoms in total. The normalized spacial score (nSPS) is 34.9. The first-order valence-corrected chi connectivity index (χ1v) is 6.08. The molecule has 0 N–H and O–H groups in total. The van der Waals surface area contributed by atoms with Gasteiger partial charge in [-0.25, -0.2) is 0 Å². The van der Waals surface area contributed by atoms with Gasteiger partial charge >= 0.3 is 0 Å². The molecule has 0 aromatic carbocycles. The molecule has 2 aliphatic rings. The van der Waals surface area contributed by atoms with Gasteiger partial charge in [-0.05, 0) is 32.5 Å². The quantitative estimate of drug-likeness (QED) is 0.695. The summed E-state index contributed by atoms with van der Waals surface area (Å²) in [7, 11) is 2.20. The van der Waals surface area contributed by atoms with Crippen LogP contribution in [0.4, 0.5) is 0 Å². The van der Waals surface area contributed by atoms with Crippen molar-refractivity contribution in [3.8, 4) is 0 Å². The van der Waals surface area contributed by atoms with Gasteiger partial charge in [-0.2, -0.15) is 12.6 Å². The molecule has 2 heterocycles. The molecular weight excluding hydrogens is 192 g/mol. The van der Waals surface area contributed by atoms with Crippen molar-refractivity contribution in [2.45, 2.75) is 30.6 Å². The van der Waals surface area contributed by atoms with Crippen LogP contribution in [-0.2, 0) is 0 Å². The summed E-state index contributed by atoms with van der Waals surface area (Å²) in [6.07, 6.45) is 8.52. The fourth-order valence-corrected chi connectivity index (χ4v) is 2.50. The van der Waals surface area contributed by atoms with Crippen molar-refractivity contribution < 1.29 is 0 Å². The summed E-state index contributed by atoms with van der Waals surface area (Å²) in [4.78, 5) is 4.80. The van der Waals surface area contributed by atoms with Gasteiger partial charge < -0.3 is 4.90 Å². The van der Waals surface area contributed by atoms with E-state index in [1.165, 1.54) is 32.4 Å². The van der Waals surface area contributed by atoms with Gasteiger partial charge in [0.2, 0.25) is 0 Å². The monoisotopic (exact) mass is 212 g/mol. The average Bonchev–Trinajstić information content (AvgIpc) is 2.05. The van der Waals surface area contributed by atoms with E-state index in [2.05, 4.69) is 41.8 Å². The van der Waals surface area contributed by atoms with E-state index in [4.69, 9.17) is 0 Å². The summed E-state index contributed by atoms with van der Waals surface area (Å²) in [6.45, 7) is 3.63. The number of hydrogen-bond donors (Lipinski definition) is 1. The molecule has 0 bridgehead atoms. The van der Waals surface area contributed by atoms with Crippen LogP contribution < -0.4 is 0 Å². The standard InChI is InChI=1S/C11H20N2S/c1-12-9-11(14)4-3-10(12)5-8-13-6-2-7-13/h5,8,10-11,14H,2-4,6-7,9H2,1H3/b8-5+. The zero-order valence-corrected chi connectivity index (χ0v) is 9.79. The molecule has 2 rings (SSSR count). The van der Waals surface area contributed by atoms with Gasteiger partial charge in [-0.3, -0.25) is 4.90 Å². The van der Waals surface area contributed by atoms with E-state index in [1.54, 1.807) is 0 Å². The van der Waals surface area contributed by atoms with Crippen LogP contribution >= 0.6 is 12.6 Å². The molecule has 0 spiro atoms. The van der Waals surface area contributed by atoms with Crippen molar-refractivity contribution >= 4 is 12.6 Å². The van der Waals surface area contributed by atoms with E-state index in [9.17, 15) is 0 Å². The van der Waals surface area contributed by atoms with Crippen LogP contribution in [0.15, 0.2) is 12.3 Å². The second kappa shape index (κ2) is 4.58. The number of likely N-dealkylation sites (tertiary alicyclic amines) is 2. The molecule has 80 valence electrons. The van der Waals surface area contributed by atoms with Crippen molar-refractivity contribution in [1.29, 1.82) is 0 Å². The lowest BCUT2D eigenvalue weighted by Gasteiger charge is -2.35. The third-order valence-corrected chi connectivity index (χ3v) is 3.69. The third-order valence-electron chi connectivity index (χ3n) is 3.27. The summed E-state index contributed by atoms with van der Waals surface area (Å²) < 4.78 is 0. The smallest absolute Gasteiger partial charge is 0.0292 e. The van der Waals surface area contributed by atoms with Crippen molar-refractivity contribution in [3.05, 3.63) is 12.3 Å². The van der Waals surface area contributed by atoms with E-state index in [0.717, 1.165) is 6.54 Å². The van der Waals surface area contributed by atoms with Gasteiger partial charge in [0.1, 0.15) is 0 Å². The van der Waals surface area contributed by atoms with Crippen LogP contribution in [0.3, 0.4) is 0 Å². The Bertz CT molecular complexity index is 213. The van der Waals surface area contributed by atoms with E-state index in [1.807, 2.05) is 0 Å². The zero-order chi connectivity index (χ0) is 9.97. The Morgan fingerprint density at radius 2 is 2.07 bits per heavy atom. The first-order valence-electron chi connectivity index (χ1n) is 5.56. The van der Waals surface area contributed by atoms with Crippen molar-refractivity contribution in [2.24, 2.45) is 0 Å². The van der Waals surface area contributed by atoms with Crippen LogP contribution in [0.1, 0.15) is 19.3 Å². The molecule has 0 saturated carbocycles. The highest BCUT2D eigenvalue weighted by molar-refractivity contribution is 7.81. The fraction of sp³-hybridized carbons (Fsp3) is 0.818. The zero-order valence-electron chi connectivity index (χ0n) is 8.89. The molecule has 2 saturated heterocycles. The van der Waals surface area contributed by atoms with Crippen LogP contribution in [-0.4, -0.2) is 47.8 Å². The predicted molar refractivity (Wildman–Crippen MR) is 63.8 cm³/mol. The Balaban J connectivity index is 1.81. The lowest BCUT2D eigenvalue weighted by molar-refractivity contribution is 0.219. The largest absolute Gasteiger partial charge is 0.377 e. The Hall–Kier alpha value is -0.150. The van der Waals surface area contributed by atoms with Crippen LogP contribution in [0.2, 0.25) is 0 Å². The molecule has 3 heteroatoms.